The van der Waals surface area contributed by atoms with Crippen LogP contribution in [-0.2, 0) is 16.1 Å². The largest absolute Gasteiger partial charge is 0.454 e. The lowest BCUT2D eigenvalue weighted by molar-refractivity contribution is -0.143. The predicted octanol–water partition coefficient (Wildman–Crippen LogP) is 3.34. The molecule has 1 atom stereocenters. The number of carbonyl (C=O) groups excluding carboxylic acids is 2. The molecule has 1 unspecified atom stereocenters. The first kappa shape index (κ1) is 19.1. The third-order valence-corrected chi connectivity index (χ3v) is 6.27. The Hall–Kier alpha value is -2.24. The molecule has 152 valence electrons. The van der Waals surface area contributed by atoms with Gasteiger partial charge in [-0.15, -0.1) is 0 Å². The van der Waals surface area contributed by atoms with Crippen molar-refractivity contribution in [1.82, 2.24) is 9.80 Å². The summed E-state index contributed by atoms with van der Waals surface area (Å²) < 4.78 is 10.9. The van der Waals surface area contributed by atoms with Crippen LogP contribution in [0.4, 0.5) is 0 Å². The van der Waals surface area contributed by atoms with E-state index in [4.69, 9.17) is 9.47 Å². The molecule has 2 fully saturated rings. The van der Waals surface area contributed by atoms with Crippen LogP contribution in [0, 0.1) is 5.92 Å². The fourth-order valence-electron chi connectivity index (χ4n) is 4.78. The number of nitrogens with zero attached hydrogens (tertiary/aromatic N) is 2. The van der Waals surface area contributed by atoms with Crippen LogP contribution in [0.2, 0.25) is 0 Å². The molecule has 2 aliphatic heterocycles. The van der Waals surface area contributed by atoms with Crippen molar-refractivity contribution >= 4 is 11.8 Å². The lowest BCUT2D eigenvalue weighted by Crippen LogP contribution is -2.48. The minimum atomic E-state index is -0.310. The Morgan fingerprint density at radius 3 is 2.64 bits per heavy atom. The normalized spacial score (nSPS) is 21.8. The van der Waals surface area contributed by atoms with Crippen LogP contribution < -0.4 is 9.47 Å². The van der Waals surface area contributed by atoms with Crippen molar-refractivity contribution in [2.45, 2.75) is 64.5 Å². The van der Waals surface area contributed by atoms with Gasteiger partial charge >= 0.3 is 0 Å². The van der Waals surface area contributed by atoms with Crippen LogP contribution >= 0.6 is 0 Å². The van der Waals surface area contributed by atoms with Gasteiger partial charge in [0.2, 0.25) is 18.6 Å². The zero-order valence-electron chi connectivity index (χ0n) is 16.7. The highest BCUT2D eigenvalue weighted by molar-refractivity contribution is 5.87. The molecule has 3 aliphatic rings. The molecule has 0 aromatic heterocycles. The van der Waals surface area contributed by atoms with Crippen LogP contribution in [0.1, 0.15) is 57.4 Å². The number of ether oxygens (including phenoxy) is 2. The molecule has 0 bridgehead atoms. The van der Waals surface area contributed by atoms with Gasteiger partial charge in [-0.3, -0.25) is 9.59 Å². The average molecular weight is 386 g/mol. The van der Waals surface area contributed by atoms with Gasteiger partial charge < -0.3 is 19.3 Å². The molecule has 2 amide bonds. The van der Waals surface area contributed by atoms with E-state index in [-0.39, 0.29) is 24.6 Å². The van der Waals surface area contributed by atoms with Gasteiger partial charge in [-0.05, 0) is 49.3 Å². The lowest BCUT2D eigenvalue weighted by atomic mass is 9.88. The first-order valence-electron chi connectivity index (χ1n) is 10.6. The SMILES string of the molecule is CC(=O)N1CCCC1C(=O)N(Cc1ccc2c(c1)OCO2)CC1CCCCC1. The number of carbonyl (C=O) groups is 2. The summed E-state index contributed by atoms with van der Waals surface area (Å²) in [6.07, 6.45) is 7.84. The van der Waals surface area contributed by atoms with Crippen molar-refractivity contribution in [1.29, 1.82) is 0 Å². The van der Waals surface area contributed by atoms with Gasteiger partial charge in [0.1, 0.15) is 6.04 Å². The summed E-state index contributed by atoms with van der Waals surface area (Å²) in [5.41, 5.74) is 1.04. The predicted molar refractivity (Wildman–Crippen MR) is 105 cm³/mol. The van der Waals surface area contributed by atoms with E-state index in [2.05, 4.69) is 0 Å². The highest BCUT2D eigenvalue weighted by Crippen LogP contribution is 2.33. The van der Waals surface area contributed by atoms with Crippen LogP contribution in [0.25, 0.3) is 0 Å². The van der Waals surface area contributed by atoms with E-state index >= 15 is 0 Å². The molecule has 0 radical (unpaired) electrons. The third-order valence-electron chi connectivity index (χ3n) is 6.27. The quantitative estimate of drug-likeness (QED) is 0.779. The summed E-state index contributed by atoms with van der Waals surface area (Å²) in [5.74, 6) is 2.15. The second kappa shape index (κ2) is 8.41. The second-order valence-corrected chi connectivity index (χ2v) is 8.28. The zero-order valence-corrected chi connectivity index (χ0v) is 16.7. The number of rotatable bonds is 5. The Morgan fingerprint density at radius 1 is 1.07 bits per heavy atom. The molecule has 6 heteroatoms. The minimum absolute atomic E-state index is 0.00320. The molecule has 28 heavy (non-hydrogen) atoms. The smallest absolute Gasteiger partial charge is 0.245 e. The maximum Gasteiger partial charge on any atom is 0.245 e. The van der Waals surface area contributed by atoms with E-state index in [1.807, 2.05) is 23.1 Å². The van der Waals surface area contributed by atoms with Crippen LogP contribution in [0.5, 0.6) is 11.5 Å². The Kier molecular flexibility index (Phi) is 5.74. The van der Waals surface area contributed by atoms with Crippen molar-refractivity contribution < 1.29 is 19.1 Å². The fraction of sp³-hybridized carbons (Fsp3) is 0.636. The highest BCUT2D eigenvalue weighted by atomic mass is 16.7. The second-order valence-electron chi connectivity index (χ2n) is 8.28. The number of benzene rings is 1. The molecule has 1 aliphatic carbocycles. The van der Waals surface area contributed by atoms with Gasteiger partial charge in [0.15, 0.2) is 11.5 Å². The van der Waals surface area contributed by atoms with Gasteiger partial charge in [0, 0.05) is 26.6 Å². The molecule has 0 spiro atoms. The molecule has 6 nitrogen and oxygen atoms in total. The zero-order chi connectivity index (χ0) is 19.5. The summed E-state index contributed by atoms with van der Waals surface area (Å²) in [6.45, 7) is 3.82. The van der Waals surface area contributed by atoms with Crippen molar-refractivity contribution in [3.63, 3.8) is 0 Å². The molecular weight excluding hydrogens is 356 g/mol. The monoisotopic (exact) mass is 386 g/mol. The molecule has 1 saturated heterocycles. The van der Waals surface area contributed by atoms with Gasteiger partial charge in [0.05, 0.1) is 0 Å². The van der Waals surface area contributed by atoms with Crippen LogP contribution in [-0.4, -0.2) is 47.5 Å². The van der Waals surface area contributed by atoms with Crippen molar-refractivity contribution in [3.05, 3.63) is 23.8 Å². The fourth-order valence-corrected chi connectivity index (χ4v) is 4.78. The number of hydrogen-bond donors (Lipinski definition) is 0. The first-order valence-corrected chi connectivity index (χ1v) is 10.6. The topological polar surface area (TPSA) is 59.1 Å². The van der Waals surface area contributed by atoms with Gasteiger partial charge in [-0.2, -0.15) is 0 Å². The standard InChI is InChI=1S/C22H30N2O4/c1-16(25)24-11-5-8-19(24)22(26)23(13-17-6-3-2-4-7-17)14-18-9-10-20-21(12-18)28-15-27-20/h9-10,12,17,19H,2-8,11,13-15H2,1H3. The maximum absolute atomic E-state index is 13.4. The number of hydrogen-bond acceptors (Lipinski definition) is 4. The summed E-state index contributed by atoms with van der Waals surface area (Å²) in [4.78, 5) is 29.2. The van der Waals surface area contributed by atoms with Crippen molar-refractivity contribution in [3.8, 4) is 11.5 Å². The number of fused-ring (bicyclic) bond motifs is 1. The van der Waals surface area contributed by atoms with Crippen molar-refractivity contribution in [2.24, 2.45) is 5.92 Å². The first-order chi connectivity index (χ1) is 13.6. The molecule has 1 saturated carbocycles. The van der Waals surface area contributed by atoms with E-state index < -0.39 is 0 Å². The lowest BCUT2D eigenvalue weighted by Gasteiger charge is -2.33. The Bertz CT molecular complexity index is 729. The Balaban J connectivity index is 1.52. The molecule has 1 aromatic carbocycles. The number of amides is 2. The summed E-state index contributed by atoms with van der Waals surface area (Å²) >= 11 is 0. The maximum atomic E-state index is 13.4. The molecular formula is C22H30N2O4. The van der Waals surface area contributed by atoms with E-state index in [1.165, 1.54) is 32.1 Å². The van der Waals surface area contributed by atoms with Crippen LogP contribution in [0.3, 0.4) is 0 Å². The molecule has 2 heterocycles. The Morgan fingerprint density at radius 2 is 1.86 bits per heavy atom. The van der Waals surface area contributed by atoms with Gasteiger partial charge in [-0.1, -0.05) is 25.3 Å². The van der Waals surface area contributed by atoms with E-state index in [0.29, 0.717) is 19.0 Å². The number of likely N-dealkylation sites (tertiary alicyclic amines) is 1. The minimum Gasteiger partial charge on any atom is -0.454 e. The summed E-state index contributed by atoms with van der Waals surface area (Å²) in [6, 6.07) is 5.58. The molecule has 1 aromatic rings. The van der Waals surface area contributed by atoms with Gasteiger partial charge in [0.25, 0.3) is 0 Å². The Labute approximate surface area is 166 Å². The van der Waals surface area contributed by atoms with E-state index in [1.54, 1.807) is 11.8 Å². The summed E-state index contributed by atoms with van der Waals surface area (Å²) in [7, 11) is 0. The molecule has 0 N–H and O–H groups in total. The average Bonchev–Trinajstić information content (AvgIpc) is 3.37. The molecule has 4 rings (SSSR count). The van der Waals surface area contributed by atoms with Gasteiger partial charge in [-0.25, -0.2) is 0 Å². The third kappa shape index (κ3) is 4.10. The van der Waals surface area contributed by atoms with E-state index in [0.717, 1.165) is 36.4 Å². The summed E-state index contributed by atoms with van der Waals surface area (Å²) in [5, 5.41) is 0. The highest BCUT2D eigenvalue weighted by Gasteiger charge is 2.36. The van der Waals surface area contributed by atoms with Crippen LogP contribution in [0.15, 0.2) is 18.2 Å². The van der Waals surface area contributed by atoms with E-state index in [9.17, 15) is 9.59 Å². The van der Waals surface area contributed by atoms with Crippen molar-refractivity contribution in [2.75, 3.05) is 19.9 Å².